The Balaban J connectivity index is 2.47. The molecular formula is C17H18N2O. The SMILES string of the molecule is Cc1ccc(Oc2cccnc2C#N)c(C(C)(C)C)c1. The predicted molar refractivity (Wildman–Crippen MR) is 78.9 cm³/mol. The Morgan fingerprint density at radius 1 is 1.15 bits per heavy atom. The highest BCUT2D eigenvalue weighted by Gasteiger charge is 2.20. The van der Waals surface area contributed by atoms with E-state index in [0.29, 0.717) is 11.4 Å². The third-order valence-electron chi connectivity index (χ3n) is 3.04. The molecule has 0 unspecified atom stereocenters. The van der Waals surface area contributed by atoms with Gasteiger partial charge < -0.3 is 4.74 Å². The van der Waals surface area contributed by atoms with Gasteiger partial charge in [-0.15, -0.1) is 0 Å². The Morgan fingerprint density at radius 3 is 2.55 bits per heavy atom. The molecule has 0 atom stereocenters. The number of rotatable bonds is 2. The van der Waals surface area contributed by atoms with Crippen molar-refractivity contribution in [2.24, 2.45) is 0 Å². The number of hydrogen-bond donors (Lipinski definition) is 0. The number of nitrogens with zero attached hydrogens (tertiary/aromatic N) is 2. The summed E-state index contributed by atoms with van der Waals surface area (Å²) in [5, 5.41) is 9.08. The second-order valence-corrected chi connectivity index (χ2v) is 5.81. The van der Waals surface area contributed by atoms with Gasteiger partial charge in [-0.3, -0.25) is 0 Å². The topological polar surface area (TPSA) is 45.9 Å². The minimum atomic E-state index is -0.0314. The summed E-state index contributed by atoms with van der Waals surface area (Å²) in [4.78, 5) is 4.02. The highest BCUT2D eigenvalue weighted by molar-refractivity contribution is 5.46. The summed E-state index contributed by atoms with van der Waals surface area (Å²) < 4.78 is 5.93. The third kappa shape index (κ3) is 2.97. The molecule has 102 valence electrons. The number of nitriles is 1. The first-order valence-corrected chi connectivity index (χ1v) is 6.56. The molecule has 0 spiro atoms. The van der Waals surface area contributed by atoms with Crippen molar-refractivity contribution in [1.82, 2.24) is 4.98 Å². The van der Waals surface area contributed by atoms with Crippen molar-refractivity contribution < 1.29 is 4.74 Å². The zero-order valence-electron chi connectivity index (χ0n) is 12.3. The van der Waals surface area contributed by atoms with Crippen LogP contribution in [0.15, 0.2) is 36.5 Å². The van der Waals surface area contributed by atoms with Crippen LogP contribution in [0.3, 0.4) is 0 Å². The summed E-state index contributed by atoms with van der Waals surface area (Å²) >= 11 is 0. The molecule has 1 aromatic carbocycles. The Hall–Kier alpha value is -2.34. The van der Waals surface area contributed by atoms with Crippen LogP contribution in [0.4, 0.5) is 0 Å². The Morgan fingerprint density at radius 2 is 1.90 bits per heavy atom. The van der Waals surface area contributed by atoms with E-state index in [1.165, 1.54) is 5.56 Å². The van der Waals surface area contributed by atoms with E-state index in [1.54, 1.807) is 18.3 Å². The Kier molecular flexibility index (Phi) is 3.76. The molecule has 0 fully saturated rings. The molecule has 2 aromatic rings. The van der Waals surface area contributed by atoms with Crippen LogP contribution in [0.25, 0.3) is 0 Å². The monoisotopic (exact) mass is 266 g/mol. The first-order valence-electron chi connectivity index (χ1n) is 6.56. The van der Waals surface area contributed by atoms with Crippen molar-refractivity contribution >= 4 is 0 Å². The second kappa shape index (κ2) is 5.34. The first-order chi connectivity index (χ1) is 9.41. The van der Waals surface area contributed by atoms with E-state index >= 15 is 0 Å². The molecule has 0 aliphatic carbocycles. The zero-order valence-corrected chi connectivity index (χ0v) is 12.3. The fourth-order valence-electron chi connectivity index (χ4n) is 1.99. The molecule has 2 rings (SSSR count). The van der Waals surface area contributed by atoms with Crippen molar-refractivity contribution in [3.05, 3.63) is 53.3 Å². The van der Waals surface area contributed by atoms with Gasteiger partial charge in [0.15, 0.2) is 11.4 Å². The molecule has 1 heterocycles. The molecule has 0 saturated heterocycles. The van der Waals surface area contributed by atoms with Crippen molar-refractivity contribution in [3.8, 4) is 17.6 Å². The van der Waals surface area contributed by atoms with Crippen molar-refractivity contribution in [3.63, 3.8) is 0 Å². The number of hydrogen-bond acceptors (Lipinski definition) is 3. The quantitative estimate of drug-likeness (QED) is 0.811. The largest absolute Gasteiger partial charge is 0.454 e. The Labute approximate surface area is 119 Å². The van der Waals surface area contributed by atoms with E-state index in [0.717, 1.165) is 11.3 Å². The number of pyridine rings is 1. The van der Waals surface area contributed by atoms with Gasteiger partial charge in [0.05, 0.1) is 0 Å². The number of aromatic nitrogens is 1. The summed E-state index contributed by atoms with van der Waals surface area (Å²) in [6, 6.07) is 11.7. The second-order valence-electron chi connectivity index (χ2n) is 5.81. The highest BCUT2D eigenvalue weighted by atomic mass is 16.5. The lowest BCUT2D eigenvalue weighted by atomic mass is 9.85. The smallest absolute Gasteiger partial charge is 0.183 e. The maximum atomic E-state index is 9.08. The number of benzene rings is 1. The summed E-state index contributed by atoms with van der Waals surface area (Å²) in [6.45, 7) is 8.49. The predicted octanol–water partition coefficient (Wildman–Crippen LogP) is 4.35. The maximum Gasteiger partial charge on any atom is 0.183 e. The molecule has 0 N–H and O–H groups in total. The summed E-state index contributed by atoms with van der Waals surface area (Å²) in [6.07, 6.45) is 1.59. The molecule has 0 aliphatic rings. The summed E-state index contributed by atoms with van der Waals surface area (Å²) in [7, 11) is 0. The van der Waals surface area contributed by atoms with Crippen LogP contribution in [0, 0.1) is 18.3 Å². The third-order valence-corrected chi connectivity index (χ3v) is 3.04. The lowest BCUT2D eigenvalue weighted by molar-refractivity contribution is 0.452. The number of ether oxygens (including phenoxy) is 1. The van der Waals surface area contributed by atoms with Crippen LogP contribution < -0.4 is 4.74 Å². The minimum Gasteiger partial charge on any atom is -0.454 e. The van der Waals surface area contributed by atoms with Gasteiger partial charge in [-0.25, -0.2) is 4.98 Å². The molecular weight excluding hydrogens is 248 g/mol. The molecule has 0 bridgehead atoms. The van der Waals surface area contributed by atoms with Gasteiger partial charge in [-0.05, 0) is 30.5 Å². The van der Waals surface area contributed by atoms with Crippen LogP contribution in [0.5, 0.6) is 11.5 Å². The standard InChI is InChI=1S/C17H18N2O/c1-12-7-8-15(13(10-12)17(2,3)4)20-16-6-5-9-19-14(16)11-18/h5-10H,1-4H3. The van der Waals surface area contributed by atoms with Crippen LogP contribution in [0.1, 0.15) is 37.6 Å². The van der Waals surface area contributed by atoms with Crippen LogP contribution in [0.2, 0.25) is 0 Å². The molecule has 3 nitrogen and oxygen atoms in total. The van der Waals surface area contributed by atoms with Gasteiger partial charge >= 0.3 is 0 Å². The van der Waals surface area contributed by atoms with E-state index in [9.17, 15) is 0 Å². The molecule has 0 saturated carbocycles. The van der Waals surface area contributed by atoms with Gasteiger partial charge in [0, 0.05) is 11.8 Å². The van der Waals surface area contributed by atoms with Gasteiger partial charge in [0.1, 0.15) is 11.8 Å². The van der Waals surface area contributed by atoms with E-state index in [4.69, 9.17) is 10.00 Å². The first kappa shape index (κ1) is 14.1. The van der Waals surface area contributed by atoms with Crippen molar-refractivity contribution in [1.29, 1.82) is 5.26 Å². The van der Waals surface area contributed by atoms with E-state index < -0.39 is 0 Å². The fraction of sp³-hybridized carbons (Fsp3) is 0.294. The highest BCUT2D eigenvalue weighted by Crippen LogP contribution is 2.35. The van der Waals surface area contributed by atoms with Gasteiger partial charge in [0.2, 0.25) is 0 Å². The normalized spacial score (nSPS) is 10.9. The lowest BCUT2D eigenvalue weighted by Gasteiger charge is -2.23. The molecule has 3 heteroatoms. The van der Waals surface area contributed by atoms with Crippen LogP contribution in [-0.2, 0) is 5.41 Å². The Bertz CT molecular complexity index is 663. The average Bonchev–Trinajstić information content (AvgIpc) is 2.40. The molecule has 1 aromatic heterocycles. The van der Waals surface area contributed by atoms with E-state index in [1.807, 2.05) is 18.2 Å². The van der Waals surface area contributed by atoms with Crippen LogP contribution in [-0.4, -0.2) is 4.98 Å². The summed E-state index contributed by atoms with van der Waals surface area (Å²) in [5.41, 5.74) is 2.57. The van der Waals surface area contributed by atoms with E-state index in [2.05, 4.69) is 38.7 Å². The fourth-order valence-corrected chi connectivity index (χ4v) is 1.99. The molecule has 0 aliphatic heterocycles. The van der Waals surface area contributed by atoms with Gasteiger partial charge in [0.25, 0.3) is 0 Å². The molecule has 0 amide bonds. The van der Waals surface area contributed by atoms with Crippen molar-refractivity contribution in [2.75, 3.05) is 0 Å². The average molecular weight is 266 g/mol. The zero-order chi connectivity index (χ0) is 14.8. The van der Waals surface area contributed by atoms with Gasteiger partial charge in [-0.1, -0.05) is 38.5 Å². The minimum absolute atomic E-state index is 0.0314. The molecule has 20 heavy (non-hydrogen) atoms. The van der Waals surface area contributed by atoms with Crippen molar-refractivity contribution in [2.45, 2.75) is 33.1 Å². The lowest BCUT2D eigenvalue weighted by Crippen LogP contribution is -2.13. The summed E-state index contributed by atoms with van der Waals surface area (Å²) in [5.74, 6) is 1.26. The van der Waals surface area contributed by atoms with E-state index in [-0.39, 0.29) is 5.41 Å². The molecule has 0 radical (unpaired) electrons. The van der Waals surface area contributed by atoms with Gasteiger partial charge in [-0.2, -0.15) is 5.26 Å². The number of aryl methyl sites for hydroxylation is 1. The van der Waals surface area contributed by atoms with Crippen LogP contribution >= 0.6 is 0 Å². The maximum absolute atomic E-state index is 9.08.